The molecule has 4 nitrogen and oxygen atoms in total. The molecule has 0 radical (unpaired) electrons. The van der Waals surface area contributed by atoms with Gasteiger partial charge in [0.2, 0.25) is 0 Å². The topological polar surface area (TPSA) is 51.8 Å². The number of furan rings is 1. The van der Waals surface area contributed by atoms with Crippen molar-refractivity contribution < 1.29 is 4.42 Å². The van der Waals surface area contributed by atoms with E-state index in [2.05, 4.69) is 97.1 Å². The van der Waals surface area contributed by atoms with Crippen LogP contribution >= 0.6 is 0 Å². The van der Waals surface area contributed by atoms with Crippen molar-refractivity contribution in [3.63, 3.8) is 0 Å². The highest BCUT2D eigenvalue weighted by molar-refractivity contribution is 6.06. The fourth-order valence-corrected chi connectivity index (χ4v) is 6.32. The summed E-state index contributed by atoms with van der Waals surface area (Å²) in [6.45, 7) is 0. The number of hydrogen-bond acceptors (Lipinski definition) is 4. The zero-order valence-corrected chi connectivity index (χ0v) is 24.2. The van der Waals surface area contributed by atoms with Gasteiger partial charge in [-0.3, -0.25) is 0 Å². The van der Waals surface area contributed by atoms with E-state index in [0.717, 1.165) is 49.4 Å². The summed E-state index contributed by atoms with van der Waals surface area (Å²) in [5.74, 6) is 1.86. The summed E-state index contributed by atoms with van der Waals surface area (Å²) >= 11 is 0. The molecule has 0 aliphatic rings. The number of rotatable bonds is 4. The van der Waals surface area contributed by atoms with Crippen LogP contribution in [0.3, 0.4) is 0 Å². The van der Waals surface area contributed by atoms with Crippen LogP contribution in [0.2, 0.25) is 0 Å². The van der Waals surface area contributed by atoms with Crippen LogP contribution in [0.1, 0.15) is 0 Å². The van der Waals surface area contributed by atoms with Crippen molar-refractivity contribution in [3.05, 3.63) is 152 Å². The van der Waals surface area contributed by atoms with Crippen molar-refractivity contribution in [2.45, 2.75) is 0 Å². The molecule has 2 aromatic heterocycles. The van der Waals surface area contributed by atoms with E-state index in [9.17, 15) is 0 Å². The molecule has 0 N–H and O–H groups in total. The van der Waals surface area contributed by atoms with Gasteiger partial charge in [0.25, 0.3) is 0 Å². The van der Waals surface area contributed by atoms with Gasteiger partial charge in [0.15, 0.2) is 17.5 Å². The molecular formula is C41H25N3O. The van der Waals surface area contributed by atoms with Gasteiger partial charge < -0.3 is 4.42 Å². The fraction of sp³-hybridized carbons (Fsp3) is 0. The van der Waals surface area contributed by atoms with Gasteiger partial charge in [-0.1, -0.05) is 127 Å². The Morgan fingerprint density at radius 2 is 0.956 bits per heavy atom. The van der Waals surface area contributed by atoms with E-state index < -0.39 is 0 Å². The Kier molecular flexibility index (Phi) is 5.78. The van der Waals surface area contributed by atoms with Crippen LogP contribution in [0.15, 0.2) is 156 Å². The Balaban J connectivity index is 1.24. The molecule has 0 saturated heterocycles. The Labute approximate surface area is 259 Å². The Morgan fingerprint density at radius 3 is 1.82 bits per heavy atom. The molecule has 0 spiro atoms. The van der Waals surface area contributed by atoms with Crippen LogP contribution in [0.5, 0.6) is 0 Å². The standard InChI is InChI=1S/C41H25N3O/c1-2-11-27(12-3-1)39-42-40(30-22-23-35-34-14-6-7-19-37(34)45-38(35)25-30)44-41(43-39)36-18-9-16-32-31(15-8-17-33(32)36)29-21-20-26-10-4-5-13-28(26)24-29/h1-25H. The zero-order valence-electron chi connectivity index (χ0n) is 24.2. The summed E-state index contributed by atoms with van der Waals surface area (Å²) in [6.07, 6.45) is 0. The lowest BCUT2D eigenvalue weighted by atomic mass is 9.94. The quantitative estimate of drug-likeness (QED) is 0.209. The van der Waals surface area contributed by atoms with Crippen molar-refractivity contribution in [2.24, 2.45) is 0 Å². The van der Waals surface area contributed by atoms with Crippen molar-refractivity contribution in [1.82, 2.24) is 15.0 Å². The Bertz CT molecular complexity index is 2550. The highest BCUT2D eigenvalue weighted by atomic mass is 16.3. The summed E-state index contributed by atoms with van der Waals surface area (Å²) in [5.41, 5.74) is 6.79. The molecule has 9 rings (SSSR count). The normalized spacial score (nSPS) is 11.6. The molecule has 0 aliphatic carbocycles. The van der Waals surface area contributed by atoms with Crippen LogP contribution in [0.25, 0.3) is 88.8 Å². The third kappa shape index (κ3) is 4.35. The minimum absolute atomic E-state index is 0.601. The first kappa shape index (κ1) is 25.4. The summed E-state index contributed by atoms with van der Waals surface area (Å²) in [6, 6.07) is 52.3. The number of fused-ring (bicyclic) bond motifs is 5. The molecule has 210 valence electrons. The van der Waals surface area contributed by atoms with Gasteiger partial charge >= 0.3 is 0 Å². The lowest BCUT2D eigenvalue weighted by Gasteiger charge is -2.13. The van der Waals surface area contributed by atoms with Gasteiger partial charge in [0, 0.05) is 27.5 Å². The largest absolute Gasteiger partial charge is 0.456 e. The van der Waals surface area contributed by atoms with Crippen LogP contribution < -0.4 is 0 Å². The summed E-state index contributed by atoms with van der Waals surface area (Å²) < 4.78 is 6.21. The number of hydrogen-bond donors (Lipinski definition) is 0. The molecular weight excluding hydrogens is 550 g/mol. The van der Waals surface area contributed by atoms with E-state index in [-0.39, 0.29) is 0 Å². The van der Waals surface area contributed by atoms with E-state index in [1.54, 1.807) is 0 Å². The maximum Gasteiger partial charge on any atom is 0.164 e. The molecule has 0 fully saturated rings. The maximum absolute atomic E-state index is 6.21. The van der Waals surface area contributed by atoms with Crippen molar-refractivity contribution in [1.29, 1.82) is 0 Å². The molecule has 0 bridgehead atoms. The van der Waals surface area contributed by atoms with E-state index >= 15 is 0 Å². The summed E-state index contributed by atoms with van der Waals surface area (Å²) in [5, 5.41) is 6.86. The van der Waals surface area contributed by atoms with Gasteiger partial charge in [-0.25, -0.2) is 15.0 Å². The Morgan fingerprint density at radius 1 is 0.333 bits per heavy atom. The lowest BCUT2D eigenvalue weighted by molar-refractivity contribution is 0.669. The van der Waals surface area contributed by atoms with Crippen molar-refractivity contribution in [2.75, 3.05) is 0 Å². The van der Waals surface area contributed by atoms with E-state index in [4.69, 9.17) is 19.4 Å². The van der Waals surface area contributed by atoms with Gasteiger partial charge in [0.1, 0.15) is 11.2 Å². The summed E-state index contributed by atoms with van der Waals surface area (Å²) in [4.78, 5) is 15.1. The molecule has 0 saturated carbocycles. The highest BCUT2D eigenvalue weighted by Gasteiger charge is 2.17. The summed E-state index contributed by atoms with van der Waals surface area (Å²) in [7, 11) is 0. The maximum atomic E-state index is 6.21. The third-order valence-electron chi connectivity index (χ3n) is 8.53. The van der Waals surface area contributed by atoms with Crippen LogP contribution in [0.4, 0.5) is 0 Å². The molecule has 0 atom stereocenters. The number of aromatic nitrogens is 3. The third-order valence-corrected chi connectivity index (χ3v) is 8.53. The Hall–Kier alpha value is -6.13. The second kappa shape index (κ2) is 10.2. The first-order valence-electron chi connectivity index (χ1n) is 15.0. The average Bonchev–Trinajstić information content (AvgIpc) is 3.49. The first-order chi connectivity index (χ1) is 22.3. The predicted molar refractivity (Wildman–Crippen MR) is 184 cm³/mol. The highest BCUT2D eigenvalue weighted by Crippen LogP contribution is 2.37. The second-order valence-corrected chi connectivity index (χ2v) is 11.2. The molecule has 0 aliphatic heterocycles. The predicted octanol–water partition coefficient (Wildman–Crippen LogP) is 10.7. The van der Waals surface area contributed by atoms with Gasteiger partial charge in [-0.05, 0) is 56.9 Å². The number of nitrogens with zero attached hydrogens (tertiary/aromatic N) is 3. The molecule has 7 aromatic carbocycles. The molecule has 0 amide bonds. The average molecular weight is 576 g/mol. The van der Waals surface area contributed by atoms with Gasteiger partial charge in [-0.15, -0.1) is 0 Å². The number of para-hydroxylation sites is 1. The minimum Gasteiger partial charge on any atom is -0.456 e. The van der Waals surface area contributed by atoms with Gasteiger partial charge in [0.05, 0.1) is 0 Å². The van der Waals surface area contributed by atoms with Crippen molar-refractivity contribution in [3.8, 4) is 45.3 Å². The van der Waals surface area contributed by atoms with E-state index in [1.165, 1.54) is 21.9 Å². The molecule has 0 unspecified atom stereocenters. The van der Waals surface area contributed by atoms with E-state index in [1.807, 2.05) is 54.6 Å². The molecule has 45 heavy (non-hydrogen) atoms. The van der Waals surface area contributed by atoms with Crippen LogP contribution in [-0.4, -0.2) is 15.0 Å². The minimum atomic E-state index is 0.601. The van der Waals surface area contributed by atoms with Crippen LogP contribution in [-0.2, 0) is 0 Å². The molecule has 9 aromatic rings. The second-order valence-electron chi connectivity index (χ2n) is 11.2. The fourth-order valence-electron chi connectivity index (χ4n) is 6.32. The van der Waals surface area contributed by atoms with Gasteiger partial charge in [-0.2, -0.15) is 0 Å². The SMILES string of the molecule is c1ccc(-c2nc(-c3ccc4c(c3)oc3ccccc34)nc(-c3cccc4c(-c5ccc6ccccc6c5)cccc34)n2)cc1. The molecule has 2 heterocycles. The zero-order chi connectivity index (χ0) is 29.7. The number of benzene rings is 7. The smallest absolute Gasteiger partial charge is 0.164 e. The van der Waals surface area contributed by atoms with E-state index in [0.29, 0.717) is 17.5 Å². The first-order valence-corrected chi connectivity index (χ1v) is 15.0. The lowest BCUT2D eigenvalue weighted by Crippen LogP contribution is -2.00. The van der Waals surface area contributed by atoms with Crippen LogP contribution in [0, 0.1) is 0 Å². The monoisotopic (exact) mass is 575 g/mol. The van der Waals surface area contributed by atoms with Crippen molar-refractivity contribution >= 4 is 43.5 Å². The molecule has 4 heteroatoms.